The molecule has 0 heterocycles. The fourth-order valence-corrected chi connectivity index (χ4v) is 6.76. The van der Waals surface area contributed by atoms with Crippen molar-refractivity contribution < 1.29 is 0 Å². The Morgan fingerprint density at radius 1 is 0.190 bits per heavy atom. The van der Waals surface area contributed by atoms with E-state index in [2.05, 4.69) is 6.92 Å². The molecular formula is C41H85N. The molecule has 0 fully saturated rings. The zero-order valence-corrected chi connectivity index (χ0v) is 29.9. The number of hydrogen-bond donors (Lipinski definition) is 1. The zero-order valence-electron chi connectivity index (χ0n) is 29.9. The average Bonchev–Trinajstić information content (AvgIpc) is 3.00. The monoisotopic (exact) mass is 592 g/mol. The summed E-state index contributed by atoms with van der Waals surface area (Å²) in [5.41, 5.74) is 5.55. The third-order valence-corrected chi connectivity index (χ3v) is 9.81. The van der Waals surface area contributed by atoms with Crippen LogP contribution < -0.4 is 5.73 Å². The van der Waals surface area contributed by atoms with E-state index in [1.165, 1.54) is 250 Å². The zero-order chi connectivity index (χ0) is 30.3. The smallest absolute Gasteiger partial charge is 0.00773 e. The van der Waals surface area contributed by atoms with Gasteiger partial charge in [0.2, 0.25) is 0 Å². The molecule has 0 amide bonds. The standard InChI is InChI=1S/C41H85N/c1-2-3-4-5-6-7-8-9-10-11-12-13-14-15-16-17-18-19-20-21-22-23-24-25-26-27-28-29-30-31-32-33-34-35-36-37-38-39-40-41-42/h2-42H2,1H3. The fourth-order valence-electron chi connectivity index (χ4n) is 6.76. The minimum Gasteiger partial charge on any atom is -0.330 e. The molecule has 0 spiro atoms. The molecule has 0 aromatic heterocycles. The van der Waals surface area contributed by atoms with Crippen molar-refractivity contribution in [2.75, 3.05) is 6.54 Å². The van der Waals surface area contributed by atoms with Crippen LogP contribution in [-0.4, -0.2) is 6.54 Å². The van der Waals surface area contributed by atoms with Crippen molar-refractivity contribution in [3.63, 3.8) is 0 Å². The third kappa shape index (κ3) is 40.0. The van der Waals surface area contributed by atoms with Crippen molar-refractivity contribution in [2.24, 2.45) is 5.73 Å². The van der Waals surface area contributed by atoms with E-state index in [4.69, 9.17) is 5.73 Å². The number of rotatable bonds is 39. The van der Waals surface area contributed by atoms with Crippen LogP contribution >= 0.6 is 0 Å². The van der Waals surface area contributed by atoms with Crippen molar-refractivity contribution in [2.45, 2.75) is 257 Å². The van der Waals surface area contributed by atoms with E-state index in [0.29, 0.717) is 0 Å². The van der Waals surface area contributed by atoms with Gasteiger partial charge in [-0.05, 0) is 13.0 Å². The molecule has 2 N–H and O–H groups in total. The lowest BCUT2D eigenvalue weighted by atomic mass is 10.0. The molecule has 0 aromatic rings. The van der Waals surface area contributed by atoms with Gasteiger partial charge in [0.25, 0.3) is 0 Å². The Bertz CT molecular complexity index is 393. The Morgan fingerprint density at radius 3 is 0.429 bits per heavy atom. The predicted molar refractivity (Wildman–Crippen MR) is 195 cm³/mol. The fraction of sp³-hybridized carbons (Fsp3) is 1.00. The van der Waals surface area contributed by atoms with Gasteiger partial charge in [0, 0.05) is 0 Å². The Labute approximate surface area is 269 Å². The van der Waals surface area contributed by atoms with E-state index in [1.807, 2.05) is 0 Å². The lowest BCUT2D eigenvalue weighted by molar-refractivity contribution is 0.509. The van der Waals surface area contributed by atoms with Crippen molar-refractivity contribution in [1.82, 2.24) is 0 Å². The Hall–Kier alpha value is -0.0400. The molecule has 0 saturated heterocycles. The van der Waals surface area contributed by atoms with Crippen LogP contribution in [0.5, 0.6) is 0 Å². The van der Waals surface area contributed by atoms with Crippen LogP contribution in [0.4, 0.5) is 0 Å². The van der Waals surface area contributed by atoms with E-state index >= 15 is 0 Å². The molecule has 0 aliphatic heterocycles. The second-order valence-corrected chi connectivity index (χ2v) is 14.2. The van der Waals surface area contributed by atoms with Gasteiger partial charge < -0.3 is 5.73 Å². The largest absolute Gasteiger partial charge is 0.330 e. The van der Waals surface area contributed by atoms with Crippen molar-refractivity contribution >= 4 is 0 Å². The summed E-state index contributed by atoms with van der Waals surface area (Å²) >= 11 is 0. The third-order valence-electron chi connectivity index (χ3n) is 9.81. The molecule has 1 heteroatoms. The Balaban J connectivity index is 3.02. The van der Waals surface area contributed by atoms with Crippen LogP contribution in [0.25, 0.3) is 0 Å². The van der Waals surface area contributed by atoms with Crippen LogP contribution in [0, 0.1) is 0 Å². The van der Waals surface area contributed by atoms with Crippen molar-refractivity contribution in [3.8, 4) is 0 Å². The predicted octanol–water partition coefficient (Wildman–Crippen LogP) is 15.2. The first kappa shape index (κ1) is 42.0. The van der Waals surface area contributed by atoms with E-state index in [-0.39, 0.29) is 0 Å². The summed E-state index contributed by atoms with van der Waals surface area (Å²) in [6.45, 7) is 3.18. The number of nitrogens with two attached hydrogens (primary N) is 1. The van der Waals surface area contributed by atoms with Gasteiger partial charge in [-0.3, -0.25) is 0 Å². The average molecular weight is 592 g/mol. The van der Waals surface area contributed by atoms with Crippen LogP contribution in [0.2, 0.25) is 0 Å². The Morgan fingerprint density at radius 2 is 0.310 bits per heavy atom. The SMILES string of the molecule is CCCCCCCCCCCCCCCCCCCCCCCCCCCCCCCCCCCCCCCCCN. The summed E-state index contributed by atoms with van der Waals surface area (Å²) < 4.78 is 0. The summed E-state index contributed by atoms with van der Waals surface area (Å²) in [6, 6.07) is 0. The van der Waals surface area contributed by atoms with Crippen LogP contribution in [0.15, 0.2) is 0 Å². The second kappa shape index (κ2) is 41.0. The van der Waals surface area contributed by atoms with Crippen LogP contribution in [-0.2, 0) is 0 Å². The minimum atomic E-state index is 0.875. The Kier molecular flexibility index (Phi) is 40.9. The molecule has 0 aliphatic carbocycles. The van der Waals surface area contributed by atoms with Gasteiger partial charge in [0.05, 0.1) is 0 Å². The van der Waals surface area contributed by atoms with Gasteiger partial charge in [-0.15, -0.1) is 0 Å². The molecule has 0 bridgehead atoms. The highest BCUT2D eigenvalue weighted by Crippen LogP contribution is 2.17. The molecule has 0 atom stereocenters. The maximum Gasteiger partial charge on any atom is -0.00773 e. The molecule has 0 radical (unpaired) electrons. The van der Waals surface area contributed by atoms with Crippen molar-refractivity contribution in [3.05, 3.63) is 0 Å². The molecule has 0 unspecified atom stereocenters. The summed E-state index contributed by atoms with van der Waals surface area (Å²) in [5.74, 6) is 0. The quantitative estimate of drug-likeness (QED) is 0.0707. The number of unbranched alkanes of at least 4 members (excludes halogenated alkanes) is 38. The summed E-state index contributed by atoms with van der Waals surface area (Å²) in [4.78, 5) is 0. The first-order chi connectivity index (χ1) is 20.9. The summed E-state index contributed by atoms with van der Waals surface area (Å²) in [6.07, 6.45) is 57.3. The van der Waals surface area contributed by atoms with E-state index in [0.717, 1.165) is 6.54 Å². The molecule has 0 aromatic carbocycles. The van der Waals surface area contributed by atoms with Gasteiger partial charge in [0.15, 0.2) is 0 Å². The molecule has 1 nitrogen and oxygen atoms in total. The van der Waals surface area contributed by atoms with E-state index in [1.54, 1.807) is 0 Å². The van der Waals surface area contributed by atoms with Crippen LogP contribution in [0.3, 0.4) is 0 Å². The van der Waals surface area contributed by atoms with Gasteiger partial charge in [-0.1, -0.05) is 251 Å². The second-order valence-electron chi connectivity index (χ2n) is 14.2. The highest BCUT2D eigenvalue weighted by atomic mass is 14.5. The molecule has 42 heavy (non-hydrogen) atoms. The molecule has 0 saturated carbocycles. The first-order valence-corrected chi connectivity index (χ1v) is 20.6. The van der Waals surface area contributed by atoms with Gasteiger partial charge in [0.1, 0.15) is 0 Å². The maximum absolute atomic E-state index is 5.55. The maximum atomic E-state index is 5.55. The number of hydrogen-bond acceptors (Lipinski definition) is 1. The van der Waals surface area contributed by atoms with E-state index < -0.39 is 0 Å². The topological polar surface area (TPSA) is 26.0 Å². The van der Waals surface area contributed by atoms with Crippen LogP contribution in [0.1, 0.15) is 257 Å². The lowest BCUT2D eigenvalue weighted by Crippen LogP contribution is -1.97. The summed E-state index contributed by atoms with van der Waals surface area (Å²) in [5, 5.41) is 0. The van der Waals surface area contributed by atoms with Gasteiger partial charge in [-0.25, -0.2) is 0 Å². The lowest BCUT2D eigenvalue weighted by Gasteiger charge is -2.05. The molecule has 0 rings (SSSR count). The molecule has 254 valence electrons. The molecular weight excluding hydrogens is 506 g/mol. The molecule has 0 aliphatic rings. The minimum absolute atomic E-state index is 0.875. The highest BCUT2D eigenvalue weighted by molar-refractivity contribution is 4.53. The first-order valence-electron chi connectivity index (χ1n) is 20.6. The van der Waals surface area contributed by atoms with Gasteiger partial charge in [-0.2, -0.15) is 0 Å². The van der Waals surface area contributed by atoms with Gasteiger partial charge >= 0.3 is 0 Å². The highest BCUT2D eigenvalue weighted by Gasteiger charge is 1.98. The van der Waals surface area contributed by atoms with E-state index in [9.17, 15) is 0 Å². The van der Waals surface area contributed by atoms with Crippen molar-refractivity contribution in [1.29, 1.82) is 0 Å². The summed E-state index contributed by atoms with van der Waals surface area (Å²) in [7, 11) is 0. The normalized spacial score (nSPS) is 11.6.